The fraction of sp³-hybridized carbons (Fsp3) is 0.429. The number of rotatable bonds is 7. The minimum atomic E-state index is -1.02. The molecule has 6 nitrogen and oxygen atoms in total. The van der Waals surface area contributed by atoms with Gasteiger partial charge in [-0.3, -0.25) is 4.79 Å². The van der Waals surface area contributed by atoms with Crippen LogP contribution in [0.25, 0.3) is 0 Å². The van der Waals surface area contributed by atoms with Crippen LogP contribution < -0.4 is 10.6 Å². The predicted octanol–water partition coefficient (Wildman–Crippen LogP) is 1.73. The summed E-state index contributed by atoms with van der Waals surface area (Å²) in [5.74, 6) is -1.02. The van der Waals surface area contributed by atoms with Crippen molar-refractivity contribution in [3.63, 3.8) is 0 Å². The normalized spacial score (nSPS) is 10.1. The highest BCUT2D eigenvalue weighted by Crippen LogP contribution is 2.11. The zero-order valence-electron chi connectivity index (χ0n) is 11.8. The summed E-state index contributed by atoms with van der Waals surface area (Å²) in [5.41, 5.74) is 1.71. The van der Waals surface area contributed by atoms with Gasteiger partial charge in [0.15, 0.2) is 0 Å². The molecule has 0 radical (unpaired) electrons. The highest BCUT2D eigenvalue weighted by atomic mass is 16.4. The first-order chi connectivity index (χ1) is 9.56. The van der Waals surface area contributed by atoms with Gasteiger partial charge in [-0.05, 0) is 31.2 Å². The zero-order chi connectivity index (χ0) is 15.0. The highest BCUT2D eigenvalue weighted by Gasteiger charge is 2.15. The third-order valence-corrected chi connectivity index (χ3v) is 2.67. The highest BCUT2D eigenvalue weighted by molar-refractivity contribution is 5.91. The molecule has 0 fully saturated rings. The van der Waals surface area contributed by atoms with Crippen molar-refractivity contribution < 1.29 is 14.7 Å². The maximum atomic E-state index is 12.0. The lowest BCUT2D eigenvalue weighted by Crippen LogP contribution is -2.39. The molecule has 0 heterocycles. The Hall–Kier alpha value is -2.08. The Kier molecular flexibility index (Phi) is 6.52. The van der Waals surface area contributed by atoms with Crippen molar-refractivity contribution in [1.29, 1.82) is 0 Å². The number of hydrogen-bond acceptors (Lipinski definition) is 3. The summed E-state index contributed by atoms with van der Waals surface area (Å²) in [4.78, 5) is 24.1. The van der Waals surface area contributed by atoms with Crippen LogP contribution in [0.4, 0.5) is 10.5 Å². The van der Waals surface area contributed by atoms with Gasteiger partial charge < -0.3 is 20.6 Å². The van der Waals surface area contributed by atoms with Crippen LogP contribution in [0.5, 0.6) is 0 Å². The number of nitrogens with zero attached hydrogens (tertiary/aromatic N) is 1. The molecule has 0 spiro atoms. The Morgan fingerprint density at radius 1 is 1.35 bits per heavy atom. The van der Waals surface area contributed by atoms with Gasteiger partial charge in [0, 0.05) is 18.8 Å². The van der Waals surface area contributed by atoms with Gasteiger partial charge in [0.05, 0.1) is 0 Å². The van der Waals surface area contributed by atoms with E-state index in [0.717, 1.165) is 5.56 Å². The maximum Gasteiger partial charge on any atom is 0.323 e. The van der Waals surface area contributed by atoms with Gasteiger partial charge in [-0.1, -0.05) is 19.1 Å². The van der Waals surface area contributed by atoms with Crippen LogP contribution >= 0.6 is 0 Å². The van der Waals surface area contributed by atoms with Crippen LogP contribution in [0, 0.1) is 0 Å². The van der Waals surface area contributed by atoms with E-state index in [9.17, 15) is 9.59 Å². The first-order valence-electron chi connectivity index (χ1n) is 6.58. The molecule has 0 aliphatic rings. The molecule has 6 heteroatoms. The number of amides is 2. The van der Waals surface area contributed by atoms with E-state index < -0.39 is 12.0 Å². The van der Waals surface area contributed by atoms with Crippen molar-refractivity contribution in [3.05, 3.63) is 29.8 Å². The molecular formula is C14H21N3O3. The second-order valence-electron chi connectivity index (χ2n) is 4.48. The third-order valence-electron chi connectivity index (χ3n) is 2.67. The molecule has 110 valence electrons. The summed E-state index contributed by atoms with van der Waals surface area (Å²) < 4.78 is 0. The second kappa shape index (κ2) is 8.16. The minimum Gasteiger partial charge on any atom is -0.480 e. The van der Waals surface area contributed by atoms with Crippen LogP contribution in [-0.4, -0.2) is 42.1 Å². The minimum absolute atomic E-state index is 0.296. The Morgan fingerprint density at radius 3 is 2.70 bits per heavy atom. The molecule has 2 amide bonds. The number of hydrogen-bond donors (Lipinski definition) is 3. The number of aliphatic carboxylic acids is 1. The van der Waals surface area contributed by atoms with Crippen LogP contribution in [0.1, 0.15) is 18.9 Å². The molecular weight excluding hydrogens is 258 g/mol. The van der Waals surface area contributed by atoms with Crippen LogP contribution in [-0.2, 0) is 11.3 Å². The Bertz CT molecular complexity index is 463. The smallest absolute Gasteiger partial charge is 0.323 e. The summed E-state index contributed by atoms with van der Waals surface area (Å²) in [5, 5.41) is 14.6. The summed E-state index contributed by atoms with van der Waals surface area (Å²) in [6.45, 7) is 2.72. The predicted molar refractivity (Wildman–Crippen MR) is 77.7 cm³/mol. The van der Waals surface area contributed by atoms with Crippen LogP contribution in [0.2, 0.25) is 0 Å². The van der Waals surface area contributed by atoms with Gasteiger partial charge in [0.25, 0.3) is 0 Å². The molecule has 0 saturated heterocycles. The molecule has 0 aromatic heterocycles. The molecule has 0 bridgehead atoms. The Morgan fingerprint density at radius 2 is 2.10 bits per heavy atom. The number of carbonyl (C=O) groups is 2. The Balaban J connectivity index is 2.71. The quantitative estimate of drug-likeness (QED) is 0.710. The van der Waals surface area contributed by atoms with Gasteiger partial charge in [0.2, 0.25) is 0 Å². The number of carbonyl (C=O) groups excluding carboxylic acids is 1. The van der Waals surface area contributed by atoms with Gasteiger partial charge in [-0.2, -0.15) is 0 Å². The van der Waals surface area contributed by atoms with Crippen molar-refractivity contribution in [2.75, 3.05) is 25.5 Å². The van der Waals surface area contributed by atoms with Crippen molar-refractivity contribution >= 4 is 17.7 Å². The molecule has 1 rings (SSSR count). The lowest BCUT2D eigenvalue weighted by atomic mass is 10.2. The van der Waals surface area contributed by atoms with E-state index >= 15 is 0 Å². The fourth-order valence-electron chi connectivity index (χ4n) is 1.85. The first-order valence-corrected chi connectivity index (χ1v) is 6.58. The Labute approximate surface area is 118 Å². The van der Waals surface area contributed by atoms with E-state index in [2.05, 4.69) is 10.6 Å². The van der Waals surface area contributed by atoms with Crippen LogP contribution in [0.15, 0.2) is 24.3 Å². The number of carboxylic acid groups (broad SMARTS) is 1. The average molecular weight is 279 g/mol. The van der Waals surface area contributed by atoms with Crippen molar-refractivity contribution in [1.82, 2.24) is 10.2 Å². The van der Waals surface area contributed by atoms with Gasteiger partial charge in [0.1, 0.15) is 6.54 Å². The number of urea groups is 1. The van der Waals surface area contributed by atoms with Gasteiger partial charge in [-0.15, -0.1) is 0 Å². The van der Waals surface area contributed by atoms with E-state index in [1.165, 1.54) is 4.90 Å². The average Bonchev–Trinajstić information content (AvgIpc) is 2.38. The molecule has 0 atom stereocenters. The molecule has 3 N–H and O–H groups in total. The maximum absolute atomic E-state index is 12.0. The molecule has 0 unspecified atom stereocenters. The van der Waals surface area contributed by atoms with Gasteiger partial charge in [-0.25, -0.2) is 4.79 Å². The summed E-state index contributed by atoms with van der Waals surface area (Å²) >= 11 is 0. The SMILES string of the molecule is CCCN(CC(=O)O)C(=O)Nc1cccc(CNC)c1. The second-order valence-corrected chi connectivity index (χ2v) is 4.48. The van der Waals surface area contributed by atoms with E-state index in [0.29, 0.717) is 25.2 Å². The monoisotopic (exact) mass is 279 g/mol. The summed E-state index contributed by atoms with van der Waals surface area (Å²) in [6.07, 6.45) is 0.709. The first kappa shape index (κ1) is 16.0. The molecule has 0 aliphatic carbocycles. The summed E-state index contributed by atoms with van der Waals surface area (Å²) in [7, 11) is 1.85. The van der Waals surface area contributed by atoms with E-state index in [-0.39, 0.29) is 6.54 Å². The summed E-state index contributed by atoms with van der Waals surface area (Å²) in [6, 6.07) is 7.05. The van der Waals surface area contributed by atoms with E-state index in [1.54, 1.807) is 6.07 Å². The number of anilines is 1. The number of benzene rings is 1. The molecule has 1 aromatic carbocycles. The van der Waals surface area contributed by atoms with E-state index in [1.807, 2.05) is 32.2 Å². The lowest BCUT2D eigenvalue weighted by molar-refractivity contribution is -0.137. The van der Waals surface area contributed by atoms with Crippen LogP contribution in [0.3, 0.4) is 0 Å². The molecule has 20 heavy (non-hydrogen) atoms. The van der Waals surface area contributed by atoms with E-state index in [4.69, 9.17) is 5.11 Å². The topological polar surface area (TPSA) is 81.7 Å². The van der Waals surface area contributed by atoms with Gasteiger partial charge >= 0.3 is 12.0 Å². The third kappa shape index (κ3) is 5.27. The number of nitrogens with one attached hydrogen (secondary N) is 2. The molecule has 0 aliphatic heterocycles. The standard InChI is InChI=1S/C14H21N3O3/c1-3-7-17(10-13(18)19)14(20)16-12-6-4-5-11(8-12)9-15-2/h4-6,8,15H,3,7,9-10H2,1-2H3,(H,16,20)(H,18,19). The molecule has 0 saturated carbocycles. The van der Waals surface area contributed by atoms with Crippen molar-refractivity contribution in [2.24, 2.45) is 0 Å². The number of carboxylic acids is 1. The van der Waals surface area contributed by atoms with Crippen molar-refractivity contribution in [3.8, 4) is 0 Å². The molecule has 1 aromatic rings. The fourth-order valence-corrected chi connectivity index (χ4v) is 1.85. The lowest BCUT2D eigenvalue weighted by Gasteiger charge is -2.20. The largest absolute Gasteiger partial charge is 0.480 e. The van der Waals surface area contributed by atoms with Crippen molar-refractivity contribution in [2.45, 2.75) is 19.9 Å². The zero-order valence-corrected chi connectivity index (χ0v) is 11.8.